The van der Waals surface area contributed by atoms with Gasteiger partial charge in [-0.3, -0.25) is 14.5 Å². The molecule has 2 heterocycles. The number of hydrogen-bond acceptors (Lipinski definition) is 5. The summed E-state index contributed by atoms with van der Waals surface area (Å²) in [5.41, 5.74) is 0. The predicted octanol–water partition coefficient (Wildman–Crippen LogP) is 0.0299. The Kier molecular flexibility index (Phi) is 6.46. The molecule has 1 aromatic carbocycles. The zero-order valence-corrected chi connectivity index (χ0v) is 15.4. The van der Waals surface area contributed by atoms with E-state index in [0.717, 1.165) is 39.1 Å². The highest BCUT2D eigenvalue weighted by Crippen LogP contribution is 2.18. The maximum atomic E-state index is 12.6. The van der Waals surface area contributed by atoms with Gasteiger partial charge in [-0.05, 0) is 25.6 Å². The number of amides is 2. The Balaban J connectivity index is 1.34. The van der Waals surface area contributed by atoms with Crippen molar-refractivity contribution in [1.29, 1.82) is 0 Å². The molecular formula is C19H28N4O3. The van der Waals surface area contributed by atoms with Gasteiger partial charge in [0, 0.05) is 45.8 Å². The number of piperazine rings is 1. The molecule has 0 bridgehead atoms. The zero-order chi connectivity index (χ0) is 18.4. The number of likely N-dealkylation sites (N-methyl/N-ethyl adjacent to an activating group) is 1. The molecule has 0 radical (unpaired) electrons. The normalized spacial score (nSPS) is 21.8. The molecule has 2 aliphatic rings. The number of benzene rings is 1. The van der Waals surface area contributed by atoms with E-state index < -0.39 is 0 Å². The number of rotatable bonds is 7. The Morgan fingerprint density at radius 3 is 2.62 bits per heavy atom. The molecule has 1 aromatic rings. The highest BCUT2D eigenvalue weighted by molar-refractivity contribution is 5.84. The molecule has 0 saturated carbocycles. The molecule has 7 heteroatoms. The Bertz CT molecular complexity index is 602. The van der Waals surface area contributed by atoms with Crippen molar-refractivity contribution in [3.63, 3.8) is 0 Å². The molecule has 26 heavy (non-hydrogen) atoms. The van der Waals surface area contributed by atoms with E-state index in [1.807, 2.05) is 35.2 Å². The van der Waals surface area contributed by atoms with E-state index in [2.05, 4.69) is 22.2 Å². The van der Waals surface area contributed by atoms with Gasteiger partial charge in [-0.25, -0.2) is 0 Å². The minimum atomic E-state index is -0.170. The average molecular weight is 360 g/mol. The summed E-state index contributed by atoms with van der Waals surface area (Å²) in [5, 5.41) is 2.82. The Labute approximate surface area is 154 Å². The van der Waals surface area contributed by atoms with Gasteiger partial charge in [-0.1, -0.05) is 18.2 Å². The van der Waals surface area contributed by atoms with Gasteiger partial charge in [0.25, 0.3) is 5.91 Å². The lowest BCUT2D eigenvalue weighted by Gasteiger charge is -2.35. The number of nitrogens with one attached hydrogen (secondary N) is 1. The van der Waals surface area contributed by atoms with E-state index in [1.165, 1.54) is 0 Å². The fraction of sp³-hybridized carbons (Fsp3) is 0.579. The van der Waals surface area contributed by atoms with E-state index in [0.29, 0.717) is 18.8 Å². The molecule has 1 unspecified atom stereocenters. The summed E-state index contributed by atoms with van der Waals surface area (Å²) in [5.74, 6) is 0.702. The number of hydrogen-bond donors (Lipinski definition) is 1. The first-order chi connectivity index (χ1) is 12.6. The van der Waals surface area contributed by atoms with Gasteiger partial charge < -0.3 is 19.9 Å². The van der Waals surface area contributed by atoms with Crippen molar-refractivity contribution in [1.82, 2.24) is 20.0 Å². The lowest BCUT2D eigenvalue weighted by molar-refractivity contribution is -0.133. The summed E-state index contributed by atoms with van der Waals surface area (Å²) in [6, 6.07) is 9.27. The average Bonchev–Trinajstić information content (AvgIpc) is 3.02. The van der Waals surface area contributed by atoms with Gasteiger partial charge >= 0.3 is 0 Å². The van der Waals surface area contributed by atoms with E-state index in [9.17, 15) is 9.59 Å². The monoisotopic (exact) mass is 360 g/mol. The molecule has 2 saturated heterocycles. The van der Waals surface area contributed by atoms with Gasteiger partial charge in [0.15, 0.2) is 6.61 Å². The van der Waals surface area contributed by atoms with Crippen molar-refractivity contribution in [3.8, 4) is 5.75 Å². The third-order valence-electron chi connectivity index (χ3n) is 5.06. The van der Waals surface area contributed by atoms with Crippen LogP contribution in [0.15, 0.2) is 30.3 Å². The van der Waals surface area contributed by atoms with Crippen LogP contribution in [0.25, 0.3) is 0 Å². The number of likely N-dealkylation sites (tertiary alicyclic amines) is 1. The summed E-state index contributed by atoms with van der Waals surface area (Å²) in [4.78, 5) is 30.9. The summed E-state index contributed by atoms with van der Waals surface area (Å²) >= 11 is 0. The number of carbonyl (C=O) groups is 2. The van der Waals surface area contributed by atoms with Crippen molar-refractivity contribution in [2.45, 2.75) is 12.5 Å². The largest absolute Gasteiger partial charge is 0.484 e. The number of nitrogens with zero attached hydrogens (tertiary/aromatic N) is 3. The molecule has 2 amide bonds. The van der Waals surface area contributed by atoms with Crippen LogP contribution in [0.3, 0.4) is 0 Å². The van der Waals surface area contributed by atoms with E-state index in [1.54, 1.807) is 0 Å². The van der Waals surface area contributed by atoms with E-state index in [4.69, 9.17) is 4.74 Å². The third kappa shape index (κ3) is 4.95. The van der Waals surface area contributed by atoms with Crippen molar-refractivity contribution in [2.24, 2.45) is 0 Å². The second-order valence-corrected chi connectivity index (χ2v) is 6.92. The van der Waals surface area contributed by atoms with Gasteiger partial charge in [-0.15, -0.1) is 0 Å². The summed E-state index contributed by atoms with van der Waals surface area (Å²) in [7, 11) is 2.12. The molecule has 1 atom stereocenters. The molecule has 0 spiro atoms. The standard InChI is InChI=1S/C19H28N4O3/c1-21-11-13-22(14-12-21)17-7-9-23(19(17)25)10-8-20-18(24)15-26-16-5-3-2-4-6-16/h2-6,17H,7-15H2,1H3,(H,20,24). The molecule has 3 rings (SSSR count). The number of para-hydroxylation sites is 1. The van der Waals surface area contributed by atoms with Gasteiger partial charge in [0.1, 0.15) is 5.75 Å². The van der Waals surface area contributed by atoms with Crippen molar-refractivity contribution < 1.29 is 14.3 Å². The van der Waals surface area contributed by atoms with E-state index in [-0.39, 0.29) is 24.5 Å². The molecule has 0 aliphatic carbocycles. The highest BCUT2D eigenvalue weighted by Gasteiger charge is 2.36. The van der Waals surface area contributed by atoms with Crippen LogP contribution in [-0.2, 0) is 9.59 Å². The summed E-state index contributed by atoms with van der Waals surface area (Å²) in [6.45, 7) is 5.71. The van der Waals surface area contributed by atoms with Crippen LogP contribution >= 0.6 is 0 Å². The fourth-order valence-corrected chi connectivity index (χ4v) is 3.46. The molecule has 2 fully saturated rings. The smallest absolute Gasteiger partial charge is 0.258 e. The molecule has 2 aliphatic heterocycles. The lowest BCUT2D eigenvalue weighted by Crippen LogP contribution is -2.51. The second-order valence-electron chi connectivity index (χ2n) is 6.92. The first kappa shape index (κ1) is 18.7. The Hall–Kier alpha value is -2.12. The SMILES string of the molecule is CN1CCN(C2CCN(CCNC(=O)COc3ccccc3)C2=O)CC1. The fourth-order valence-electron chi connectivity index (χ4n) is 3.46. The molecule has 1 N–H and O–H groups in total. The number of carbonyl (C=O) groups excluding carboxylic acids is 2. The first-order valence-electron chi connectivity index (χ1n) is 9.29. The molecule has 0 aromatic heterocycles. The minimum absolute atomic E-state index is 0.0120. The highest BCUT2D eigenvalue weighted by atomic mass is 16.5. The Morgan fingerprint density at radius 1 is 1.15 bits per heavy atom. The minimum Gasteiger partial charge on any atom is -0.484 e. The first-order valence-corrected chi connectivity index (χ1v) is 9.29. The van der Waals surface area contributed by atoms with Crippen LogP contribution in [-0.4, -0.2) is 92.0 Å². The molecule has 7 nitrogen and oxygen atoms in total. The lowest BCUT2D eigenvalue weighted by atomic mass is 10.2. The molecular weight excluding hydrogens is 332 g/mol. The van der Waals surface area contributed by atoms with Crippen LogP contribution < -0.4 is 10.1 Å². The van der Waals surface area contributed by atoms with Crippen molar-refractivity contribution in [2.75, 3.05) is 59.5 Å². The van der Waals surface area contributed by atoms with Crippen LogP contribution in [0.1, 0.15) is 6.42 Å². The quantitative estimate of drug-likeness (QED) is 0.743. The number of ether oxygens (including phenoxy) is 1. The topological polar surface area (TPSA) is 65.1 Å². The van der Waals surface area contributed by atoms with Crippen LogP contribution in [0, 0.1) is 0 Å². The summed E-state index contributed by atoms with van der Waals surface area (Å²) in [6.07, 6.45) is 0.883. The zero-order valence-electron chi connectivity index (χ0n) is 15.4. The Morgan fingerprint density at radius 2 is 1.88 bits per heavy atom. The van der Waals surface area contributed by atoms with Crippen molar-refractivity contribution >= 4 is 11.8 Å². The van der Waals surface area contributed by atoms with Crippen LogP contribution in [0.2, 0.25) is 0 Å². The van der Waals surface area contributed by atoms with Crippen molar-refractivity contribution in [3.05, 3.63) is 30.3 Å². The van der Waals surface area contributed by atoms with Gasteiger partial charge in [0.05, 0.1) is 6.04 Å². The second kappa shape index (κ2) is 9.00. The third-order valence-corrected chi connectivity index (χ3v) is 5.06. The van der Waals surface area contributed by atoms with Gasteiger partial charge in [0.2, 0.25) is 5.91 Å². The van der Waals surface area contributed by atoms with E-state index >= 15 is 0 Å². The predicted molar refractivity (Wildman–Crippen MR) is 99.0 cm³/mol. The summed E-state index contributed by atoms with van der Waals surface area (Å²) < 4.78 is 5.41. The van der Waals surface area contributed by atoms with Gasteiger partial charge in [-0.2, -0.15) is 0 Å². The maximum absolute atomic E-state index is 12.6. The van der Waals surface area contributed by atoms with Crippen LogP contribution in [0.4, 0.5) is 0 Å². The van der Waals surface area contributed by atoms with Crippen LogP contribution in [0.5, 0.6) is 5.75 Å². The maximum Gasteiger partial charge on any atom is 0.258 e. The molecule has 142 valence electrons.